The molecule has 3 heteroatoms. The molecule has 0 aliphatic carbocycles. The Morgan fingerprint density at radius 2 is 2.07 bits per heavy atom. The predicted octanol–water partition coefficient (Wildman–Crippen LogP) is 2.17. The standard InChI is InChI=1S/C11H16N2S/c1-8(2)13(3)10-6-4-5-9(7-10)11(12)14/h4-8H,1-3H3,(H2,12,14). The van der Waals surface area contributed by atoms with Gasteiger partial charge < -0.3 is 10.6 Å². The molecular formula is C11H16N2S. The van der Waals surface area contributed by atoms with Gasteiger partial charge in [0.15, 0.2) is 0 Å². The highest BCUT2D eigenvalue weighted by Gasteiger charge is 2.05. The van der Waals surface area contributed by atoms with Crippen LogP contribution < -0.4 is 10.6 Å². The molecule has 0 aliphatic heterocycles. The topological polar surface area (TPSA) is 29.3 Å². The smallest absolute Gasteiger partial charge is 0.104 e. The van der Waals surface area contributed by atoms with Crippen molar-refractivity contribution in [1.29, 1.82) is 0 Å². The molecule has 2 nitrogen and oxygen atoms in total. The molecule has 0 radical (unpaired) electrons. The molecule has 0 aliphatic rings. The number of anilines is 1. The molecule has 0 heterocycles. The first-order chi connectivity index (χ1) is 6.52. The van der Waals surface area contributed by atoms with Crippen molar-refractivity contribution in [2.24, 2.45) is 5.73 Å². The van der Waals surface area contributed by atoms with Gasteiger partial charge in [-0.1, -0.05) is 24.4 Å². The molecule has 0 bridgehead atoms. The molecule has 0 saturated heterocycles. The lowest BCUT2D eigenvalue weighted by Gasteiger charge is -2.24. The number of hydrogen-bond donors (Lipinski definition) is 1. The number of benzene rings is 1. The Bertz CT molecular complexity index is 334. The molecule has 0 spiro atoms. The Hall–Kier alpha value is -1.09. The van der Waals surface area contributed by atoms with Gasteiger partial charge in [0, 0.05) is 24.3 Å². The molecule has 14 heavy (non-hydrogen) atoms. The van der Waals surface area contributed by atoms with Crippen molar-refractivity contribution in [3.8, 4) is 0 Å². The molecule has 0 saturated carbocycles. The quantitative estimate of drug-likeness (QED) is 0.772. The van der Waals surface area contributed by atoms with Crippen LogP contribution in [-0.4, -0.2) is 18.1 Å². The second kappa shape index (κ2) is 4.42. The molecule has 0 fully saturated rings. The Balaban J connectivity index is 2.99. The van der Waals surface area contributed by atoms with Crippen molar-refractivity contribution >= 4 is 22.9 Å². The van der Waals surface area contributed by atoms with Crippen molar-refractivity contribution in [2.45, 2.75) is 19.9 Å². The van der Waals surface area contributed by atoms with E-state index in [-0.39, 0.29) is 0 Å². The third kappa shape index (κ3) is 2.45. The lowest BCUT2D eigenvalue weighted by Crippen LogP contribution is -2.25. The van der Waals surface area contributed by atoms with E-state index >= 15 is 0 Å². The highest BCUT2D eigenvalue weighted by molar-refractivity contribution is 7.80. The molecule has 2 N–H and O–H groups in total. The van der Waals surface area contributed by atoms with E-state index in [1.807, 2.05) is 18.2 Å². The van der Waals surface area contributed by atoms with Crippen LogP contribution in [0.15, 0.2) is 24.3 Å². The molecule has 76 valence electrons. The van der Waals surface area contributed by atoms with Crippen LogP contribution in [0.5, 0.6) is 0 Å². The van der Waals surface area contributed by atoms with E-state index in [4.69, 9.17) is 18.0 Å². The minimum atomic E-state index is 0.448. The van der Waals surface area contributed by atoms with Crippen LogP contribution >= 0.6 is 12.2 Å². The summed E-state index contributed by atoms with van der Waals surface area (Å²) in [5.41, 5.74) is 7.64. The molecule has 0 atom stereocenters. The highest BCUT2D eigenvalue weighted by Crippen LogP contribution is 2.16. The SMILES string of the molecule is CC(C)N(C)c1cccc(C(N)=S)c1. The molecule has 1 rings (SSSR count). The summed E-state index contributed by atoms with van der Waals surface area (Å²) >= 11 is 4.93. The third-order valence-electron chi connectivity index (χ3n) is 2.31. The fourth-order valence-corrected chi connectivity index (χ4v) is 1.30. The minimum Gasteiger partial charge on any atom is -0.389 e. The monoisotopic (exact) mass is 208 g/mol. The normalized spacial score (nSPS) is 10.3. The first-order valence-electron chi connectivity index (χ1n) is 4.65. The molecule has 0 amide bonds. The second-order valence-corrected chi connectivity index (χ2v) is 4.06. The zero-order valence-electron chi connectivity index (χ0n) is 8.82. The largest absolute Gasteiger partial charge is 0.389 e. The predicted molar refractivity (Wildman–Crippen MR) is 65.9 cm³/mol. The zero-order chi connectivity index (χ0) is 10.7. The summed E-state index contributed by atoms with van der Waals surface area (Å²) in [4.78, 5) is 2.63. The summed E-state index contributed by atoms with van der Waals surface area (Å²) in [6.07, 6.45) is 0. The maximum Gasteiger partial charge on any atom is 0.104 e. The fourth-order valence-electron chi connectivity index (χ4n) is 1.18. The number of thiocarbonyl (C=S) groups is 1. The Labute approximate surface area is 90.7 Å². The summed E-state index contributed by atoms with van der Waals surface area (Å²) < 4.78 is 0. The number of hydrogen-bond acceptors (Lipinski definition) is 2. The van der Waals surface area contributed by atoms with E-state index in [1.165, 1.54) is 0 Å². The van der Waals surface area contributed by atoms with Gasteiger partial charge in [-0.25, -0.2) is 0 Å². The van der Waals surface area contributed by atoms with Crippen molar-refractivity contribution in [2.75, 3.05) is 11.9 Å². The third-order valence-corrected chi connectivity index (χ3v) is 2.55. The van der Waals surface area contributed by atoms with Gasteiger partial charge in [0.1, 0.15) is 4.99 Å². The van der Waals surface area contributed by atoms with E-state index in [1.54, 1.807) is 0 Å². The van der Waals surface area contributed by atoms with E-state index in [9.17, 15) is 0 Å². The first-order valence-corrected chi connectivity index (χ1v) is 5.06. The second-order valence-electron chi connectivity index (χ2n) is 3.62. The van der Waals surface area contributed by atoms with E-state index in [2.05, 4.69) is 31.9 Å². The highest BCUT2D eigenvalue weighted by atomic mass is 32.1. The van der Waals surface area contributed by atoms with Crippen LogP contribution in [0.4, 0.5) is 5.69 Å². The van der Waals surface area contributed by atoms with Gasteiger partial charge in [0.05, 0.1) is 0 Å². The maximum atomic E-state index is 5.57. The van der Waals surface area contributed by atoms with Crippen LogP contribution in [0.1, 0.15) is 19.4 Å². The van der Waals surface area contributed by atoms with Gasteiger partial charge in [0.2, 0.25) is 0 Å². The van der Waals surface area contributed by atoms with Crippen LogP contribution in [-0.2, 0) is 0 Å². The Morgan fingerprint density at radius 3 is 2.57 bits per heavy atom. The summed E-state index contributed by atoms with van der Waals surface area (Å²) in [6, 6.07) is 8.45. The zero-order valence-corrected chi connectivity index (χ0v) is 9.64. The average molecular weight is 208 g/mol. The molecular weight excluding hydrogens is 192 g/mol. The van der Waals surface area contributed by atoms with Crippen LogP contribution in [0.25, 0.3) is 0 Å². The first kappa shape index (κ1) is 11.0. The van der Waals surface area contributed by atoms with Gasteiger partial charge in [-0.3, -0.25) is 0 Å². The number of rotatable bonds is 3. The molecule has 1 aromatic rings. The van der Waals surface area contributed by atoms with Crippen LogP contribution in [0.3, 0.4) is 0 Å². The lowest BCUT2D eigenvalue weighted by atomic mass is 10.1. The summed E-state index contributed by atoms with van der Waals surface area (Å²) in [6.45, 7) is 4.29. The number of nitrogens with zero attached hydrogens (tertiary/aromatic N) is 1. The van der Waals surface area contributed by atoms with Crippen LogP contribution in [0, 0.1) is 0 Å². The molecule has 0 unspecified atom stereocenters. The number of nitrogens with two attached hydrogens (primary N) is 1. The van der Waals surface area contributed by atoms with Crippen molar-refractivity contribution < 1.29 is 0 Å². The van der Waals surface area contributed by atoms with E-state index < -0.39 is 0 Å². The van der Waals surface area contributed by atoms with E-state index in [0.29, 0.717) is 11.0 Å². The summed E-state index contributed by atoms with van der Waals surface area (Å²) in [5, 5.41) is 0. The van der Waals surface area contributed by atoms with Gasteiger partial charge in [-0.2, -0.15) is 0 Å². The Morgan fingerprint density at radius 1 is 1.43 bits per heavy atom. The molecule has 1 aromatic carbocycles. The van der Waals surface area contributed by atoms with Crippen molar-refractivity contribution in [3.05, 3.63) is 29.8 Å². The van der Waals surface area contributed by atoms with Crippen LogP contribution in [0.2, 0.25) is 0 Å². The fraction of sp³-hybridized carbons (Fsp3) is 0.364. The average Bonchev–Trinajstić information content (AvgIpc) is 2.16. The van der Waals surface area contributed by atoms with Gasteiger partial charge in [-0.05, 0) is 26.0 Å². The summed E-state index contributed by atoms with van der Waals surface area (Å²) in [7, 11) is 2.06. The van der Waals surface area contributed by atoms with Crippen molar-refractivity contribution in [1.82, 2.24) is 0 Å². The summed E-state index contributed by atoms with van der Waals surface area (Å²) in [5.74, 6) is 0. The van der Waals surface area contributed by atoms with Gasteiger partial charge in [-0.15, -0.1) is 0 Å². The van der Waals surface area contributed by atoms with E-state index in [0.717, 1.165) is 11.3 Å². The molecule has 0 aromatic heterocycles. The Kier molecular flexibility index (Phi) is 3.47. The minimum absolute atomic E-state index is 0.448. The van der Waals surface area contributed by atoms with Gasteiger partial charge in [0.25, 0.3) is 0 Å². The van der Waals surface area contributed by atoms with Crippen molar-refractivity contribution in [3.63, 3.8) is 0 Å². The maximum absolute atomic E-state index is 5.57. The van der Waals surface area contributed by atoms with Gasteiger partial charge >= 0.3 is 0 Å². The lowest BCUT2D eigenvalue weighted by molar-refractivity contribution is 0.755.